The number of aryl methyl sites for hydroxylation is 2. The molecule has 0 aliphatic heterocycles. The van der Waals surface area contributed by atoms with Crippen LogP contribution in [0.4, 0.5) is 5.69 Å². The van der Waals surface area contributed by atoms with Gasteiger partial charge >= 0.3 is 0 Å². The number of anilines is 1. The fourth-order valence-electron chi connectivity index (χ4n) is 2.74. The molecule has 0 bridgehead atoms. The maximum atomic E-state index is 12.3. The van der Waals surface area contributed by atoms with Gasteiger partial charge in [0.05, 0.1) is 29.4 Å². The van der Waals surface area contributed by atoms with E-state index in [1.165, 1.54) is 0 Å². The number of carbonyl (C=O) groups excluding carboxylic acids is 1. The number of aromatic nitrogens is 1. The molecule has 0 saturated heterocycles. The monoisotopic (exact) mass is 356 g/mol. The van der Waals surface area contributed by atoms with E-state index in [2.05, 4.69) is 10.3 Å². The predicted molar refractivity (Wildman–Crippen MR) is 101 cm³/mol. The van der Waals surface area contributed by atoms with Gasteiger partial charge in [-0.15, -0.1) is 11.3 Å². The first-order valence-corrected chi connectivity index (χ1v) is 8.79. The highest BCUT2D eigenvalue weighted by Gasteiger charge is 2.11. The summed E-state index contributed by atoms with van der Waals surface area (Å²) in [6, 6.07) is 11.5. The van der Waals surface area contributed by atoms with E-state index in [1.54, 1.807) is 25.6 Å². The SMILES string of the molecule is COc1cccc(CCC(=O)Nc2ccc3nc(C)sc3c2)c1OC. The van der Waals surface area contributed by atoms with Gasteiger partial charge in [0.25, 0.3) is 0 Å². The van der Waals surface area contributed by atoms with Gasteiger partial charge in [-0.25, -0.2) is 4.98 Å². The van der Waals surface area contributed by atoms with Gasteiger partial charge in [-0.3, -0.25) is 4.79 Å². The van der Waals surface area contributed by atoms with Crippen molar-refractivity contribution in [3.63, 3.8) is 0 Å². The maximum absolute atomic E-state index is 12.3. The van der Waals surface area contributed by atoms with Crippen LogP contribution >= 0.6 is 11.3 Å². The quantitative estimate of drug-likeness (QED) is 0.719. The number of amides is 1. The third-order valence-electron chi connectivity index (χ3n) is 3.89. The summed E-state index contributed by atoms with van der Waals surface area (Å²) in [4.78, 5) is 16.7. The number of carbonyl (C=O) groups is 1. The number of para-hydroxylation sites is 1. The molecule has 1 N–H and O–H groups in total. The molecule has 6 heteroatoms. The topological polar surface area (TPSA) is 60.5 Å². The van der Waals surface area contributed by atoms with E-state index in [4.69, 9.17) is 9.47 Å². The van der Waals surface area contributed by atoms with Gasteiger partial charge in [0.15, 0.2) is 11.5 Å². The van der Waals surface area contributed by atoms with Crippen molar-refractivity contribution in [1.82, 2.24) is 4.98 Å². The Balaban J connectivity index is 1.66. The van der Waals surface area contributed by atoms with Crippen molar-refractivity contribution >= 4 is 33.1 Å². The fourth-order valence-corrected chi connectivity index (χ4v) is 3.61. The Kier molecular flexibility index (Phi) is 5.19. The van der Waals surface area contributed by atoms with E-state index >= 15 is 0 Å². The molecule has 1 heterocycles. The zero-order chi connectivity index (χ0) is 17.8. The highest BCUT2D eigenvalue weighted by atomic mass is 32.1. The predicted octanol–water partition coefficient (Wildman–Crippen LogP) is 4.19. The van der Waals surface area contributed by atoms with Crippen molar-refractivity contribution in [2.75, 3.05) is 19.5 Å². The van der Waals surface area contributed by atoms with E-state index in [9.17, 15) is 4.79 Å². The first kappa shape index (κ1) is 17.2. The van der Waals surface area contributed by atoms with Crippen LogP contribution in [0.15, 0.2) is 36.4 Å². The normalized spacial score (nSPS) is 10.7. The highest BCUT2D eigenvalue weighted by Crippen LogP contribution is 2.31. The molecule has 0 unspecified atom stereocenters. The minimum absolute atomic E-state index is 0.0366. The second kappa shape index (κ2) is 7.53. The van der Waals surface area contributed by atoms with Crippen molar-refractivity contribution in [3.05, 3.63) is 47.0 Å². The summed E-state index contributed by atoms with van der Waals surface area (Å²) in [5.41, 5.74) is 2.70. The molecule has 0 fully saturated rings. The smallest absolute Gasteiger partial charge is 0.224 e. The Labute approximate surface area is 150 Å². The standard InChI is InChI=1S/C19H20N2O3S/c1-12-20-15-9-8-14(11-17(15)25-12)21-18(22)10-7-13-5-4-6-16(23-2)19(13)24-3/h4-6,8-9,11H,7,10H2,1-3H3,(H,21,22). The first-order valence-electron chi connectivity index (χ1n) is 7.97. The Morgan fingerprint density at radius 1 is 1.20 bits per heavy atom. The van der Waals surface area contributed by atoms with Crippen LogP contribution in [-0.4, -0.2) is 25.1 Å². The third-order valence-corrected chi connectivity index (χ3v) is 4.82. The summed E-state index contributed by atoms with van der Waals surface area (Å²) in [5, 5.41) is 3.96. The molecule has 0 saturated carbocycles. The van der Waals surface area contributed by atoms with Crippen molar-refractivity contribution < 1.29 is 14.3 Å². The molecule has 5 nitrogen and oxygen atoms in total. The molecule has 0 atom stereocenters. The molecule has 3 rings (SSSR count). The van der Waals surface area contributed by atoms with Crippen LogP contribution in [0.5, 0.6) is 11.5 Å². The molecule has 25 heavy (non-hydrogen) atoms. The molecule has 0 radical (unpaired) electrons. The molecular weight excluding hydrogens is 336 g/mol. The Bertz CT molecular complexity index is 905. The summed E-state index contributed by atoms with van der Waals surface area (Å²) in [7, 11) is 3.21. The number of hydrogen-bond acceptors (Lipinski definition) is 5. The third kappa shape index (κ3) is 3.91. The number of rotatable bonds is 6. The van der Waals surface area contributed by atoms with Crippen LogP contribution in [0.2, 0.25) is 0 Å². The maximum Gasteiger partial charge on any atom is 0.224 e. The van der Waals surface area contributed by atoms with Crippen molar-refractivity contribution in [3.8, 4) is 11.5 Å². The van der Waals surface area contributed by atoms with Crippen molar-refractivity contribution in [2.45, 2.75) is 19.8 Å². The lowest BCUT2D eigenvalue weighted by Gasteiger charge is -2.12. The van der Waals surface area contributed by atoms with E-state index in [0.29, 0.717) is 24.3 Å². The first-order chi connectivity index (χ1) is 12.1. The van der Waals surface area contributed by atoms with Gasteiger partial charge in [0.1, 0.15) is 0 Å². The van der Waals surface area contributed by atoms with E-state index in [0.717, 1.165) is 26.5 Å². The number of methoxy groups -OCH3 is 2. The van der Waals surface area contributed by atoms with E-state index in [-0.39, 0.29) is 5.91 Å². The molecule has 0 spiro atoms. The minimum atomic E-state index is -0.0366. The van der Waals surface area contributed by atoms with Gasteiger partial charge in [0, 0.05) is 12.1 Å². The second-order valence-electron chi connectivity index (χ2n) is 5.62. The van der Waals surface area contributed by atoms with Crippen LogP contribution in [-0.2, 0) is 11.2 Å². The highest BCUT2D eigenvalue weighted by molar-refractivity contribution is 7.18. The number of nitrogens with zero attached hydrogens (tertiary/aromatic N) is 1. The van der Waals surface area contributed by atoms with Crippen LogP contribution in [0.3, 0.4) is 0 Å². The van der Waals surface area contributed by atoms with Gasteiger partial charge in [-0.2, -0.15) is 0 Å². The van der Waals surface area contributed by atoms with Crippen molar-refractivity contribution in [1.29, 1.82) is 0 Å². The average molecular weight is 356 g/mol. The zero-order valence-electron chi connectivity index (χ0n) is 14.5. The molecule has 3 aromatic rings. The van der Waals surface area contributed by atoms with Crippen molar-refractivity contribution in [2.24, 2.45) is 0 Å². The summed E-state index contributed by atoms with van der Waals surface area (Å²) in [6.45, 7) is 1.98. The number of ether oxygens (including phenoxy) is 2. The molecular formula is C19H20N2O3S. The summed E-state index contributed by atoms with van der Waals surface area (Å²) >= 11 is 1.62. The molecule has 130 valence electrons. The number of benzene rings is 2. The number of hydrogen-bond donors (Lipinski definition) is 1. The minimum Gasteiger partial charge on any atom is -0.493 e. The molecule has 2 aromatic carbocycles. The van der Waals surface area contributed by atoms with Crippen LogP contribution in [0.1, 0.15) is 17.0 Å². The summed E-state index contributed by atoms with van der Waals surface area (Å²) in [5.74, 6) is 1.32. The molecule has 1 aromatic heterocycles. The Morgan fingerprint density at radius 3 is 2.80 bits per heavy atom. The van der Waals surface area contributed by atoms with Crippen LogP contribution < -0.4 is 14.8 Å². The lowest BCUT2D eigenvalue weighted by Crippen LogP contribution is -2.12. The number of fused-ring (bicyclic) bond motifs is 1. The summed E-state index contributed by atoms with van der Waals surface area (Å²) < 4.78 is 11.8. The van der Waals surface area contributed by atoms with Gasteiger partial charge in [-0.05, 0) is 43.2 Å². The van der Waals surface area contributed by atoms with Gasteiger partial charge in [0.2, 0.25) is 5.91 Å². The average Bonchev–Trinajstić information content (AvgIpc) is 2.98. The number of thiazole rings is 1. The van der Waals surface area contributed by atoms with Gasteiger partial charge < -0.3 is 14.8 Å². The Morgan fingerprint density at radius 2 is 2.04 bits per heavy atom. The van der Waals surface area contributed by atoms with Gasteiger partial charge in [-0.1, -0.05) is 12.1 Å². The lowest BCUT2D eigenvalue weighted by atomic mass is 10.1. The number of nitrogens with one attached hydrogen (secondary N) is 1. The molecule has 0 aliphatic rings. The zero-order valence-corrected chi connectivity index (χ0v) is 15.3. The molecule has 0 aliphatic carbocycles. The second-order valence-corrected chi connectivity index (χ2v) is 6.85. The Hall–Kier alpha value is -2.60. The fraction of sp³-hybridized carbons (Fsp3) is 0.263. The van der Waals surface area contributed by atoms with Crippen LogP contribution in [0, 0.1) is 6.92 Å². The summed E-state index contributed by atoms with van der Waals surface area (Å²) in [6.07, 6.45) is 0.942. The molecule has 1 amide bonds. The van der Waals surface area contributed by atoms with E-state index in [1.807, 2.05) is 43.3 Å². The van der Waals surface area contributed by atoms with Crippen LogP contribution in [0.25, 0.3) is 10.2 Å². The van der Waals surface area contributed by atoms with E-state index < -0.39 is 0 Å². The lowest BCUT2D eigenvalue weighted by molar-refractivity contribution is -0.116. The largest absolute Gasteiger partial charge is 0.493 e.